The molecule has 196 valence electrons. The van der Waals surface area contributed by atoms with Crippen molar-refractivity contribution in [2.45, 2.75) is 65.6 Å². The van der Waals surface area contributed by atoms with Crippen molar-refractivity contribution in [1.29, 1.82) is 0 Å². The fourth-order valence-corrected chi connectivity index (χ4v) is 5.49. The first-order valence-electron chi connectivity index (χ1n) is 13.2. The Morgan fingerprint density at radius 2 is 1.81 bits per heavy atom. The Labute approximate surface area is 219 Å². The lowest BCUT2D eigenvalue weighted by molar-refractivity contribution is 0.208. The average Bonchev–Trinajstić information content (AvgIpc) is 3.52. The van der Waals surface area contributed by atoms with Gasteiger partial charge in [0.25, 0.3) is 0 Å². The molecule has 1 aromatic carbocycles. The van der Waals surface area contributed by atoms with Crippen LogP contribution in [0.3, 0.4) is 0 Å². The van der Waals surface area contributed by atoms with E-state index in [1.165, 1.54) is 16.8 Å². The monoisotopic (exact) mass is 502 g/mol. The van der Waals surface area contributed by atoms with Crippen LogP contribution in [0, 0.1) is 6.92 Å². The third-order valence-corrected chi connectivity index (χ3v) is 7.34. The number of likely N-dealkylation sites (tertiary alicyclic amines) is 1. The highest BCUT2D eigenvalue weighted by Crippen LogP contribution is 2.37. The summed E-state index contributed by atoms with van der Waals surface area (Å²) in [5, 5.41) is 11.2. The lowest BCUT2D eigenvalue weighted by Crippen LogP contribution is -2.37. The second-order valence-electron chi connectivity index (χ2n) is 11.3. The van der Waals surface area contributed by atoms with Gasteiger partial charge in [-0.15, -0.1) is 0 Å². The normalized spacial score (nSPS) is 16.1. The topological polar surface area (TPSA) is 91.2 Å². The predicted octanol–water partition coefficient (Wildman–Crippen LogP) is 4.44. The van der Waals surface area contributed by atoms with Crippen LogP contribution >= 0.6 is 0 Å². The van der Waals surface area contributed by atoms with E-state index in [0.717, 1.165) is 68.2 Å². The molecule has 5 rings (SSSR count). The SMILES string of the molecule is Cc1c(CNC(=O)N2CCCC2)ccc(-c2cc(Nc3cc4n(n3)CCN(C)C4)ncn2)c1C(C)(C)C. The summed E-state index contributed by atoms with van der Waals surface area (Å²) in [7, 11) is 2.13. The van der Waals surface area contributed by atoms with E-state index in [9.17, 15) is 4.79 Å². The molecule has 0 saturated carbocycles. The number of nitrogens with one attached hydrogen (secondary N) is 2. The van der Waals surface area contributed by atoms with Crippen LogP contribution in [0.1, 0.15) is 56.0 Å². The van der Waals surface area contributed by atoms with Crippen LogP contribution < -0.4 is 10.6 Å². The third-order valence-electron chi connectivity index (χ3n) is 7.34. The van der Waals surface area contributed by atoms with Gasteiger partial charge in [-0.25, -0.2) is 14.8 Å². The van der Waals surface area contributed by atoms with Crippen LogP contribution in [0.2, 0.25) is 0 Å². The molecule has 1 saturated heterocycles. The van der Waals surface area contributed by atoms with E-state index in [1.54, 1.807) is 6.33 Å². The maximum Gasteiger partial charge on any atom is 0.317 e. The number of carbonyl (C=O) groups is 1. The van der Waals surface area contributed by atoms with Crippen molar-refractivity contribution in [3.63, 3.8) is 0 Å². The third kappa shape index (κ3) is 5.46. The fourth-order valence-electron chi connectivity index (χ4n) is 5.49. The largest absolute Gasteiger partial charge is 0.334 e. The van der Waals surface area contributed by atoms with Crippen LogP contribution in [-0.4, -0.2) is 62.3 Å². The quantitative estimate of drug-likeness (QED) is 0.536. The molecular formula is C28H38N8O. The molecular weight excluding hydrogens is 464 g/mol. The number of urea groups is 1. The summed E-state index contributed by atoms with van der Waals surface area (Å²) in [5.74, 6) is 1.51. The maximum absolute atomic E-state index is 12.6. The Morgan fingerprint density at radius 3 is 2.57 bits per heavy atom. The van der Waals surface area contributed by atoms with Gasteiger partial charge in [-0.2, -0.15) is 5.10 Å². The summed E-state index contributed by atoms with van der Waals surface area (Å²) in [6, 6.07) is 8.34. The summed E-state index contributed by atoms with van der Waals surface area (Å²) < 4.78 is 2.06. The molecule has 9 heteroatoms. The van der Waals surface area contributed by atoms with E-state index in [-0.39, 0.29) is 11.4 Å². The number of hydrogen-bond donors (Lipinski definition) is 2. The number of fused-ring (bicyclic) bond motifs is 1. The van der Waals surface area contributed by atoms with E-state index in [4.69, 9.17) is 5.10 Å². The van der Waals surface area contributed by atoms with Crippen molar-refractivity contribution >= 4 is 17.7 Å². The molecule has 0 aliphatic carbocycles. The first kappa shape index (κ1) is 25.2. The number of nitrogens with zero attached hydrogens (tertiary/aromatic N) is 6. The van der Waals surface area contributed by atoms with Gasteiger partial charge >= 0.3 is 6.03 Å². The van der Waals surface area contributed by atoms with Crippen molar-refractivity contribution in [1.82, 2.24) is 34.9 Å². The molecule has 2 N–H and O–H groups in total. The lowest BCUT2D eigenvalue weighted by atomic mass is 9.78. The van der Waals surface area contributed by atoms with Crippen molar-refractivity contribution in [3.05, 3.63) is 53.0 Å². The van der Waals surface area contributed by atoms with Crippen LogP contribution in [-0.2, 0) is 25.0 Å². The van der Waals surface area contributed by atoms with Gasteiger partial charge in [0.2, 0.25) is 0 Å². The van der Waals surface area contributed by atoms with Crippen molar-refractivity contribution < 1.29 is 4.79 Å². The number of hydrogen-bond acceptors (Lipinski definition) is 6. The minimum absolute atomic E-state index is 0.0254. The molecule has 2 aromatic heterocycles. The first-order chi connectivity index (χ1) is 17.7. The van der Waals surface area contributed by atoms with Crippen molar-refractivity contribution in [3.8, 4) is 11.3 Å². The molecule has 2 amide bonds. The van der Waals surface area contributed by atoms with Gasteiger partial charge in [-0.1, -0.05) is 32.9 Å². The summed E-state index contributed by atoms with van der Waals surface area (Å²) >= 11 is 0. The molecule has 3 aromatic rings. The molecule has 0 unspecified atom stereocenters. The molecule has 9 nitrogen and oxygen atoms in total. The van der Waals surface area contributed by atoms with Gasteiger partial charge in [-0.3, -0.25) is 9.58 Å². The fraction of sp³-hybridized carbons (Fsp3) is 0.500. The molecule has 0 radical (unpaired) electrons. The highest BCUT2D eigenvalue weighted by Gasteiger charge is 2.25. The molecule has 37 heavy (non-hydrogen) atoms. The van der Waals surface area contributed by atoms with E-state index < -0.39 is 0 Å². The molecule has 0 atom stereocenters. The predicted molar refractivity (Wildman–Crippen MR) is 146 cm³/mol. The van der Waals surface area contributed by atoms with E-state index in [0.29, 0.717) is 12.4 Å². The smallest absolute Gasteiger partial charge is 0.317 e. The number of anilines is 2. The van der Waals surface area contributed by atoms with E-state index in [2.05, 4.69) is 83.1 Å². The minimum Gasteiger partial charge on any atom is -0.334 e. The zero-order valence-electron chi connectivity index (χ0n) is 22.6. The summed E-state index contributed by atoms with van der Waals surface area (Å²) in [6.45, 7) is 13.8. The van der Waals surface area contributed by atoms with Crippen molar-refractivity contribution in [2.75, 3.05) is 32.0 Å². The van der Waals surface area contributed by atoms with Gasteiger partial charge in [0.1, 0.15) is 12.1 Å². The Hall–Kier alpha value is -3.46. The van der Waals surface area contributed by atoms with Gasteiger partial charge in [0.15, 0.2) is 5.82 Å². The van der Waals surface area contributed by atoms with Crippen LogP contribution in [0.15, 0.2) is 30.6 Å². The molecule has 2 aliphatic rings. The molecule has 4 heterocycles. The standard InChI is InChI=1S/C28H38N8O/c1-19-20(16-29-27(37)35-10-6-7-11-35)8-9-22(26(19)28(2,3)4)23-15-24(31-18-30-23)32-25-14-21-17-34(5)12-13-36(21)33-25/h8-9,14-15,18H,6-7,10-13,16-17H2,1-5H3,(H,29,37)(H,30,31,32,33). The number of rotatable bonds is 5. The van der Waals surface area contributed by atoms with Gasteiger partial charge in [-0.05, 0) is 48.9 Å². The van der Waals surface area contributed by atoms with Crippen molar-refractivity contribution in [2.24, 2.45) is 0 Å². The highest BCUT2D eigenvalue weighted by molar-refractivity contribution is 5.75. The first-order valence-corrected chi connectivity index (χ1v) is 13.2. The number of likely N-dealkylation sites (N-methyl/N-ethyl adjacent to an activating group) is 1. The van der Waals surface area contributed by atoms with Gasteiger partial charge in [0, 0.05) is 50.4 Å². The van der Waals surface area contributed by atoms with Gasteiger partial charge in [0.05, 0.1) is 17.9 Å². The minimum atomic E-state index is -0.109. The number of amides is 2. The van der Waals surface area contributed by atoms with E-state index >= 15 is 0 Å². The number of benzene rings is 1. The molecule has 2 aliphatic heterocycles. The summed E-state index contributed by atoms with van der Waals surface area (Å²) in [6.07, 6.45) is 3.78. The van der Waals surface area contributed by atoms with Crippen LogP contribution in [0.5, 0.6) is 0 Å². The van der Waals surface area contributed by atoms with Crippen LogP contribution in [0.4, 0.5) is 16.4 Å². The Balaban J connectivity index is 1.40. The van der Waals surface area contributed by atoms with Crippen LogP contribution in [0.25, 0.3) is 11.3 Å². The zero-order valence-corrected chi connectivity index (χ0v) is 22.6. The lowest BCUT2D eigenvalue weighted by Gasteiger charge is -2.27. The highest BCUT2D eigenvalue weighted by atomic mass is 16.2. The molecule has 1 fully saturated rings. The molecule has 0 spiro atoms. The Bertz CT molecular complexity index is 1290. The van der Waals surface area contributed by atoms with E-state index in [1.807, 2.05) is 11.0 Å². The zero-order chi connectivity index (χ0) is 26.2. The Morgan fingerprint density at radius 1 is 1.03 bits per heavy atom. The maximum atomic E-state index is 12.6. The second-order valence-corrected chi connectivity index (χ2v) is 11.3. The average molecular weight is 503 g/mol. The second kappa shape index (κ2) is 10.1. The van der Waals surface area contributed by atoms with Gasteiger partial charge < -0.3 is 15.5 Å². The number of aromatic nitrogens is 4. The Kier molecular flexibility index (Phi) is 6.90. The summed E-state index contributed by atoms with van der Waals surface area (Å²) in [5.41, 5.74) is 6.57. The number of carbonyl (C=O) groups excluding carboxylic acids is 1. The molecule has 0 bridgehead atoms. The summed E-state index contributed by atoms with van der Waals surface area (Å²) in [4.78, 5) is 25.8.